The molecule has 1 atom stereocenters. The average molecular weight is 312 g/mol. The van der Waals surface area contributed by atoms with Crippen molar-refractivity contribution >= 4 is 28.1 Å². The molecule has 2 heterocycles. The molecule has 0 saturated heterocycles. The molecule has 0 fully saturated rings. The van der Waals surface area contributed by atoms with Crippen LogP contribution >= 0.6 is 11.3 Å². The number of carbonyl (C=O) groups is 1. The van der Waals surface area contributed by atoms with Gasteiger partial charge in [-0.2, -0.15) is 11.3 Å². The highest BCUT2D eigenvalue weighted by molar-refractivity contribution is 7.07. The van der Waals surface area contributed by atoms with E-state index in [9.17, 15) is 9.59 Å². The Bertz CT molecular complexity index is 852. The first kappa shape index (κ1) is 14.5. The molecule has 4 nitrogen and oxygen atoms in total. The molecule has 0 saturated carbocycles. The summed E-state index contributed by atoms with van der Waals surface area (Å²) in [6.45, 7) is 1.94. The molecular formula is C17H16N2O2S. The van der Waals surface area contributed by atoms with E-state index in [1.165, 1.54) is 11.8 Å². The summed E-state index contributed by atoms with van der Waals surface area (Å²) in [6, 6.07) is 9.18. The Hall–Kier alpha value is -2.40. The summed E-state index contributed by atoms with van der Waals surface area (Å²) < 4.78 is 0. The number of fused-ring (bicyclic) bond motifs is 1. The molecule has 2 aromatic heterocycles. The zero-order chi connectivity index (χ0) is 15.5. The number of nitrogens with one attached hydrogen (secondary N) is 2. The lowest BCUT2D eigenvalue weighted by molar-refractivity contribution is 0.0939. The number of benzene rings is 1. The van der Waals surface area contributed by atoms with Gasteiger partial charge in [0.25, 0.3) is 5.91 Å². The molecule has 0 aliphatic carbocycles. The van der Waals surface area contributed by atoms with Crippen LogP contribution in [-0.2, 0) is 6.42 Å². The lowest BCUT2D eigenvalue weighted by atomic mass is 10.1. The molecule has 3 aromatic rings. The van der Waals surface area contributed by atoms with Crippen molar-refractivity contribution in [2.24, 2.45) is 0 Å². The number of hydrogen-bond acceptors (Lipinski definition) is 3. The number of aromatic amines is 1. The fourth-order valence-electron chi connectivity index (χ4n) is 2.45. The molecule has 1 aromatic carbocycles. The van der Waals surface area contributed by atoms with Crippen molar-refractivity contribution in [1.82, 2.24) is 10.3 Å². The van der Waals surface area contributed by atoms with E-state index in [0.29, 0.717) is 5.39 Å². The van der Waals surface area contributed by atoms with Gasteiger partial charge in [0, 0.05) is 23.1 Å². The molecule has 0 bridgehead atoms. The van der Waals surface area contributed by atoms with E-state index in [4.69, 9.17) is 0 Å². The predicted octanol–water partition coefficient (Wildman–Crippen LogP) is 2.95. The summed E-state index contributed by atoms with van der Waals surface area (Å²) in [5.74, 6) is -0.338. The Kier molecular flexibility index (Phi) is 4.06. The van der Waals surface area contributed by atoms with Crippen LogP contribution in [-0.4, -0.2) is 16.9 Å². The molecule has 0 spiro atoms. The SMILES string of the molecule is CC(Cc1ccsc1)NC(=O)c1c[nH]c2ccccc2c1=O. The minimum Gasteiger partial charge on any atom is -0.360 e. The third kappa shape index (κ3) is 2.94. The molecule has 22 heavy (non-hydrogen) atoms. The molecule has 3 rings (SSSR count). The van der Waals surface area contributed by atoms with E-state index in [1.807, 2.05) is 30.5 Å². The van der Waals surface area contributed by atoms with Crippen LogP contribution in [0.25, 0.3) is 10.9 Å². The van der Waals surface area contributed by atoms with Crippen LogP contribution in [0.1, 0.15) is 22.8 Å². The topological polar surface area (TPSA) is 62.0 Å². The first-order chi connectivity index (χ1) is 10.6. The first-order valence-electron chi connectivity index (χ1n) is 7.07. The first-order valence-corrected chi connectivity index (χ1v) is 8.02. The highest BCUT2D eigenvalue weighted by atomic mass is 32.1. The van der Waals surface area contributed by atoms with Crippen LogP contribution < -0.4 is 10.7 Å². The molecule has 5 heteroatoms. The maximum atomic E-state index is 12.4. The minimum atomic E-state index is -0.338. The molecule has 0 radical (unpaired) electrons. The Morgan fingerprint density at radius 2 is 2.14 bits per heavy atom. The Morgan fingerprint density at radius 1 is 1.32 bits per heavy atom. The third-order valence-electron chi connectivity index (χ3n) is 3.53. The normalized spacial score (nSPS) is 12.2. The van der Waals surface area contributed by atoms with Crippen molar-refractivity contribution < 1.29 is 4.79 Å². The second-order valence-electron chi connectivity index (χ2n) is 5.29. The van der Waals surface area contributed by atoms with Crippen molar-refractivity contribution in [3.05, 3.63) is 68.6 Å². The van der Waals surface area contributed by atoms with Gasteiger partial charge >= 0.3 is 0 Å². The maximum Gasteiger partial charge on any atom is 0.256 e. The van der Waals surface area contributed by atoms with Crippen molar-refractivity contribution in [1.29, 1.82) is 0 Å². The predicted molar refractivity (Wildman–Crippen MR) is 89.5 cm³/mol. The smallest absolute Gasteiger partial charge is 0.256 e. The molecule has 1 amide bonds. The number of carbonyl (C=O) groups excluding carboxylic acids is 1. The van der Waals surface area contributed by atoms with Crippen molar-refractivity contribution in [3.8, 4) is 0 Å². The van der Waals surface area contributed by atoms with E-state index < -0.39 is 0 Å². The highest BCUT2D eigenvalue weighted by Gasteiger charge is 2.15. The van der Waals surface area contributed by atoms with E-state index in [0.717, 1.165) is 11.9 Å². The summed E-state index contributed by atoms with van der Waals surface area (Å²) in [7, 11) is 0. The van der Waals surface area contributed by atoms with Gasteiger partial charge in [-0.3, -0.25) is 9.59 Å². The van der Waals surface area contributed by atoms with Crippen molar-refractivity contribution in [2.75, 3.05) is 0 Å². The standard InChI is InChI=1S/C17H16N2O2S/c1-11(8-12-6-7-22-10-12)19-17(21)14-9-18-15-5-3-2-4-13(15)16(14)20/h2-7,9-11H,8H2,1H3,(H,18,20)(H,19,21). The van der Waals surface area contributed by atoms with Gasteiger partial charge in [-0.1, -0.05) is 12.1 Å². The number of para-hydroxylation sites is 1. The number of amides is 1. The molecule has 1 unspecified atom stereocenters. The van der Waals surface area contributed by atoms with E-state index >= 15 is 0 Å². The molecule has 2 N–H and O–H groups in total. The Labute approximate surface area is 131 Å². The van der Waals surface area contributed by atoms with Gasteiger partial charge in [-0.15, -0.1) is 0 Å². The highest BCUT2D eigenvalue weighted by Crippen LogP contribution is 2.10. The number of thiophene rings is 1. The van der Waals surface area contributed by atoms with Gasteiger partial charge in [0.1, 0.15) is 5.56 Å². The number of hydrogen-bond donors (Lipinski definition) is 2. The zero-order valence-electron chi connectivity index (χ0n) is 12.1. The van der Waals surface area contributed by atoms with Crippen LogP contribution in [0.2, 0.25) is 0 Å². The van der Waals surface area contributed by atoms with Gasteiger partial charge in [0.2, 0.25) is 5.43 Å². The summed E-state index contributed by atoms with van der Waals surface area (Å²) in [4.78, 5) is 27.7. The number of rotatable bonds is 4. The van der Waals surface area contributed by atoms with Crippen molar-refractivity contribution in [3.63, 3.8) is 0 Å². The largest absolute Gasteiger partial charge is 0.360 e. The van der Waals surface area contributed by atoms with Gasteiger partial charge < -0.3 is 10.3 Å². The fourth-order valence-corrected chi connectivity index (χ4v) is 3.13. The third-order valence-corrected chi connectivity index (χ3v) is 4.26. The number of aromatic nitrogens is 1. The van der Waals surface area contributed by atoms with E-state index in [1.54, 1.807) is 23.5 Å². The molecular weight excluding hydrogens is 296 g/mol. The fraction of sp³-hybridized carbons (Fsp3) is 0.176. The molecule has 0 aliphatic rings. The summed E-state index contributed by atoms with van der Waals surface area (Å²) >= 11 is 1.63. The Balaban J connectivity index is 1.80. The minimum absolute atomic E-state index is 0.0343. The van der Waals surface area contributed by atoms with Crippen LogP contribution in [0.5, 0.6) is 0 Å². The second-order valence-corrected chi connectivity index (χ2v) is 6.07. The summed E-state index contributed by atoms with van der Waals surface area (Å²) in [5.41, 5.74) is 1.83. The molecule has 112 valence electrons. The summed E-state index contributed by atoms with van der Waals surface area (Å²) in [6.07, 6.45) is 2.23. The monoisotopic (exact) mass is 312 g/mol. The van der Waals surface area contributed by atoms with Gasteiger partial charge in [0.15, 0.2) is 0 Å². The van der Waals surface area contributed by atoms with Gasteiger partial charge in [0.05, 0.1) is 0 Å². The lowest BCUT2D eigenvalue weighted by Crippen LogP contribution is -2.36. The zero-order valence-corrected chi connectivity index (χ0v) is 12.9. The van der Waals surface area contributed by atoms with Crippen LogP contribution in [0.4, 0.5) is 0 Å². The van der Waals surface area contributed by atoms with E-state index in [2.05, 4.69) is 15.7 Å². The molecule has 0 aliphatic heterocycles. The average Bonchev–Trinajstić information content (AvgIpc) is 3.00. The summed E-state index contributed by atoms with van der Waals surface area (Å²) in [5, 5.41) is 7.49. The van der Waals surface area contributed by atoms with Crippen LogP contribution in [0.3, 0.4) is 0 Å². The Morgan fingerprint density at radius 3 is 2.91 bits per heavy atom. The van der Waals surface area contributed by atoms with Gasteiger partial charge in [-0.25, -0.2) is 0 Å². The quantitative estimate of drug-likeness (QED) is 0.778. The van der Waals surface area contributed by atoms with Crippen LogP contribution in [0.15, 0.2) is 52.1 Å². The van der Waals surface area contributed by atoms with Crippen LogP contribution in [0, 0.1) is 0 Å². The maximum absolute atomic E-state index is 12.4. The lowest BCUT2D eigenvalue weighted by Gasteiger charge is -2.13. The van der Waals surface area contributed by atoms with Gasteiger partial charge in [-0.05, 0) is 47.9 Å². The number of H-pyrrole nitrogens is 1. The second kappa shape index (κ2) is 6.15. The van der Waals surface area contributed by atoms with E-state index in [-0.39, 0.29) is 22.9 Å². The van der Waals surface area contributed by atoms with Crippen molar-refractivity contribution in [2.45, 2.75) is 19.4 Å². The number of pyridine rings is 1.